The second-order valence-electron chi connectivity index (χ2n) is 5.35. The maximum absolute atomic E-state index is 5.25. The number of ether oxygens (including phenoxy) is 1. The SMILES string of the molecule is CCc1cnc(CCNC(=NC)NCCc2cccc(OC)c2)s1.I. The molecule has 0 radical (unpaired) electrons. The van der Waals surface area contributed by atoms with Gasteiger partial charge in [-0.25, -0.2) is 4.98 Å². The number of hydrogen-bond acceptors (Lipinski definition) is 4. The van der Waals surface area contributed by atoms with Gasteiger partial charge >= 0.3 is 0 Å². The van der Waals surface area contributed by atoms with E-state index in [2.05, 4.69) is 39.7 Å². The molecule has 138 valence electrons. The first kappa shape index (κ1) is 21.7. The van der Waals surface area contributed by atoms with Gasteiger partial charge in [0.2, 0.25) is 0 Å². The van der Waals surface area contributed by atoms with Crippen molar-refractivity contribution in [2.24, 2.45) is 4.99 Å². The maximum Gasteiger partial charge on any atom is 0.191 e. The molecule has 0 atom stereocenters. The van der Waals surface area contributed by atoms with Crippen molar-refractivity contribution < 1.29 is 4.74 Å². The average Bonchev–Trinajstić information content (AvgIpc) is 3.08. The number of methoxy groups -OCH3 is 1. The lowest BCUT2D eigenvalue weighted by molar-refractivity contribution is 0.414. The second kappa shape index (κ2) is 12.1. The number of guanidine groups is 1. The van der Waals surface area contributed by atoms with E-state index in [1.807, 2.05) is 18.3 Å². The normalized spacial score (nSPS) is 10.9. The molecule has 0 amide bonds. The molecule has 0 saturated heterocycles. The molecule has 25 heavy (non-hydrogen) atoms. The summed E-state index contributed by atoms with van der Waals surface area (Å²) in [5.74, 6) is 1.72. The fourth-order valence-corrected chi connectivity index (χ4v) is 3.15. The van der Waals surface area contributed by atoms with Gasteiger partial charge in [-0.05, 0) is 30.5 Å². The predicted molar refractivity (Wildman–Crippen MR) is 117 cm³/mol. The molecule has 1 aromatic heterocycles. The molecule has 0 saturated carbocycles. The number of nitrogens with zero attached hydrogens (tertiary/aromatic N) is 2. The van der Waals surface area contributed by atoms with Crippen LogP contribution in [-0.4, -0.2) is 38.2 Å². The highest BCUT2D eigenvalue weighted by molar-refractivity contribution is 14.0. The first-order valence-corrected chi connectivity index (χ1v) is 9.07. The van der Waals surface area contributed by atoms with E-state index in [0.717, 1.165) is 44.1 Å². The van der Waals surface area contributed by atoms with Crippen molar-refractivity contribution in [2.45, 2.75) is 26.2 Å². The highest BCUT2D eigenvalue weighted by Crippen LogP contribution is 2.13. The van der Waals surface area contributed by atoms with E-state index in [9.17, 15) is 0 Å². The standard InChI is InChI=1S/C18H26N4OS.HI/c1-4-16-13-22-17(24-16)9-11-21-18(19-2)20-10-8-14-6-5-7-15(12-14)23-3;/h5-7,12-13H,4,8-11H2,1-3H3,(H2,19,20,21);1H. The molecule has 0 fully saturated rings. The van der Waals surface area contributed by atoms with Crippen LogP contribution in [0.3, 0.4) is 0 Å². The van der Waals surface area contributed by atoms with Gasteiger partial charge in [0.15, 0.2) is 5.96 Å². The van der Waals surface area contributed by atoms with Crippen molar-refractivity contribution in [2.75, 3.05) is 27.2 Å². The quantitative estimate of drug-likeness (QED) is 0.350. The van der Waals surface area contributed by atoms with Gasteiger partial charge in [-0.15, -0.1) is 35.3 Å². The van der Waals surface area contributed by atoms with Crippen LogP contribution in [0.25, 0.3) is 0 Å². The zero-order valence-electron chi connectivity index (χ0n) is 15.0. The van der Waals surface area contributed by atoms with Gasteiger partial charge in [-0.2, -0.15) is 0 Å². The van der Waals surface area contributed by atoms with Crippen molar-refractivity contribution in [3.63, 3.8) is 0 Å². The molecule has 0 aliphatic carbocycles. The van der Waals surface area contributed by atoms with E-state index >= 15 is 0 Å². The van der Waals surface area contributed by atoms with Crippen LogP contribution in [0.2, 0.25) is 0 Å². The number of thiazole rings is 1. The molecular formula is C18H27IN4OS. The summed E-state index contributed by atoms with van der Waals surface area (Å²) >= 11 is 1.79. The molecule has 1 aromatic carbocycles. The Labute approximate surface area is 171 Å². The molecule has 0 spiro atoms. The lowest BCUT2D eigenvalue weighted by Gasteiger charge is -2.11. The second-order valence-corrected chi connectivity index (χ2v) is 6.55. The van der Waals surface area contributed by atoms with Gasteiger partial charge in [-0.3, -0.25) is 4.99 Å². The average molecular weight is 474 g/mol. The lowest BCUT2D eigenvalue weighted by Crippen LogP contribution is -2.39. The van der Waals surface area contributed by atoms with Crippen LogP contribution in [-0.2, 0) is 19.3 Å². The highest BCUT2D eigenvalue weighted by atomic mass is 127. The number of aryl methyl sites for hydroxylation is 1. The highest BCUT2D eigenvalue weighted by Gasteiger charge is 2.02. The zero-order valence-corrected chi connectivity index (χ0v) is 18.2. The summed E-state index contributed by atoms with van der Waals surface area (Å²) in [4.78, 5) is 10.0. The summed E-state index contributed by atoms with van der Waals surface area (Å²) in [5.41, 5.74) is 1.24. The fourth-order valence-electron chi connectivity index (χ4n) is 2.29. The van der Waals surface area contributed by atoms with E-state index in [-0.39, 0.29) is 24.0 Å². The molecule has 0 unspecified atom stereocenters. The molecular weight excluding hydrogens is 447 g/mol. The zero-order chi connectivity index (χ0) is 17.2. The Morgan fingerprint density at radius 3 is 2.64 bits per heavy atom. The fraction of sp³-hybridized carbons (Fsp3) is 0.444. The molecule has 0 aliphatic rings. The Bertz CT molecular complexity index is 660. The van der Waals surface area contributed by atoms with E-state index in [0.29, 0.717) is 0 Å². The van der Waals surface area contributed by atoms with Gasteiger partial charge in [0.25, 0.3) is 0 Å². The number of nitrogens with one attached hydrogen (secondary N) is 2. The lowest BCUT2D eigenvalue weighted by atomic mass is 10.1. The van der Waals surface area contributed by atoms with Crippen molar-refractivity contribution in [1.29, 1.82) is 0 Å². The number of rotatable bonds is 8. The summed E-state index contributed by atoms with van der Waals surface area (Å²) in [6, 6.07) is 8.14. The number of aliphatic imine (C=N–C) groups is 1. The third kappa shape index (κ3) is 7.60. The summed E-state index contributed by atoms with van der Waals surface area (Å²) in [7, 11) is 3.48. The van der Waals surface area contributed by atoms with Crippen LogP contribution in [0.4, 0.5) is 0 Å². The Kier molecular flexibility index (Phi) is 10.5. The molecule has 1 heterocycles. The van der Waals surface area contributed by atoms with Gasteiger partial charge in [-0.1, -0.05) is 19.1 Å². The van der Waals surface area contributed by atoms with E-state index in [1.165, 1.54) is 15.4 Å². The van der Waals surface area contributed by atoms with Crippen molar-refractivity contribution in [1.82, 2.24) is 15.6 Å². The summed E-state index contributed by atoms with van der Waals surface area (Å²) < 4.78 is 5.25. The molecule has 5 nitrogen and oxygen atoms in total. The van der Waals surface area contributed by atoms with Gasteiger partial charge < -0.3 is 15.4 Å². The topological polar surface area (TPSA) is 58.5 Å². The Hall–Kier alpha value is -1.35. The molecule has 2 N–H and O–H groups in total. The Morgan fingerprint density at radius 1 is 1.24 bits per heavy atom. The third-order valence-electron chi connectivity index (χ3n) is 3.65. The maximum atomic E-state index is 5.25. The Morgan fingerprint density at radius 2 is 2.00 bits per heavy atom. The smallest absolute Gasteiger partial charge is 0.191 e. The Balaban J connectivity index is 0.00000312. The number of benzene rings is 1. The van der Waals surface area contributed by atoms with Crippen LogP contribution >= 0.6 is 35.3 Å². The summed E-state index contributed by atoms with van der Waals surface area (Å²) in [5, 5.41) is 7.85. The van der Waals surface area contributed by atoms with Crippen LogP contribution in [0, 0.1) is 0 Å². The minimum atomic E-state index is 0. The predicted octanol–water partition coefficient (Wildman–Crippen LogP) is 3.28. The van der Waals surface area contributed by atoms with Gasteiger partial charge in [0, 0.05) is 37.6 Å². The molecule has 2 rings (SSSR count). The number of hydrogen-bond donors (Lipinski definition) is 2. The number of halogens is 1. The van der Waals surface area contributed by atoms with Crippen molar-refractivity contribution >= 4 is 41.3 Å². The largest absolute Gasteiger partial charge is 0.497 e. The van der Waals surface area contributed by atoms with Gasteiger partial charge in [0.05, 0.1) is 12.1 Å². The first-order chi connectivity index (χ1) is 11.7. The number of aromatic nitrogens is 1. The molecule has 7 heteroatoms. The van der Waals surface area contributed by atoms with Crippen LogP contribution < -0.4 is 15.4 Å². The van der Waals surface area contributed by atoms with E-state index in [4.69, 9.17) is 4.74 Å². The van der Waals surface area contributed by atoms with E-state index in [1.54, 1.807) is 25.5 Å². The first-order valence-electron chi connectivity index (χ1n) is 8.26. The monoisotopic (exact) mass is 474 g/mol. The van der Waals surface area contributed by atoms with Gasteiger partial charge in [0.1, 0.15) is 5.75 Å². The van der Waals surface area contributed by atoms with Crippen LogP contribution in [0.15, 0.2) is 35.5 Å². The minimum absolute atomic E-state index is 0. The summed E-state index contributed by atoms with van der Waals surface area (Å²) in [6.07, 6.45) is 4.87. The molecule has 0 aliphatic heterocycles. The third-order valence-corrected chi connectivity index (χ3v) is 4.85. The van der Waals surface area contributed by atoms with Crippen LogP contribution in [0.5, 0.6) is 5.75 Å². The summed E-state index contributed by atoms with van der Waals surface area (Å²) in [6.45, 7) is 3.81. The molecule has 0 bridgehead atoms. The van der Waals surface area contributed by atoms with Crippen LogP contribution in [0.1, 0.15) is 22.4 Å². The van der Waals surface area contributed by atoms with E-state index < -0.39 is 0 Å². The van der Waals surface area contributed by atoms with Crippen molar-refractivity contribution in [3.8, 4) is 5.75 Å². The molecule has 2 aromatic rings. The minimum Gasteiger partial charge on any atom is -0.497 e. The van der Waals surface area contributed by atoms with Crippen molar-refractivity contribution in [3.05, 3.63) is 45.9 Å².